The molecular weight excluding hydrogens is 419 g/mol. The van der Waals surface area contributed by atoms with Crippen LogP contribution in [0.5, 0.6) is 0 Å². The summed E-state index contributed by atoms with van der Waals surface area (Å²) in [6.45, 7) is 1.89. The lowest BCUT2D eigenvalue weighted by Gasteiger charge is -2.02. The highest BCUT2D eigenvalue weighted by Crippen LogP contribution is 2.28. The third-order valence-corrected chi connectivity index (χ3v) is 5.27. The van der Waals surface area contributed by atoms with Crippen molar-refractivity contribution in [1.82, 2.24) is 25.2 Å². The Morgan fingerprint density at radius 1 is 0.964 bits per heavy atom. The molecule has 1 amide bonds. The van der Waals surface area contributed by atoms with E-state index >= 15 is 0 Å². The highest BCUT2D eigenvalue weighted by molar-refractivity contribution is 7.18. The number of nitrogens with zero attached hydrogens (tertiary/aromatic N) is 5. The molecule has 0 atom stereocenters. The van der Waals surface area contributed by atoms with E-state index in [0.717, 1.165) is 11.4 Å². The summed E-state index contributed by atoms with van der Waals surface area (Å²) in [4.78, 5) is 12.3. The number of rotatable bonds is 4. The summed E-state index contributed by atoms with van der Waals surface area (Å²) in [6, 6.07) is 13.9. The van der Waals surface area contributed by atoms with Gasteiger partial charge < -0.3 is 0 Å². The second-order valence-electron chi connectivity index (χ2n) is 5.79. The van der Waals surface area contributed by atoms with Gasteiger partial charge in [-0.1, -0.05) is 39.8 Å². The van der Waals surface area contributed by atoms with Crippen molar-refractivity contribution in [3.63, 3.8) is 0 Å². The van der Waals surface area contributed by atoms with Crippen LogP contribution in [-0.2, 0) is 0 Å². The lowest BCUT2D eigenvalue weighted by molar-refractivity contribution is 0.102. The van der Waals surface area contributed by atoms with Crippen LogP contribution in [0, 0.1) is 6.92 Å². The van der Waals surface area contributed by atoms with Crippen LogP contribution in [0.4, 0.5) is 5.13 Å². The van der Waals surface area contributed by atoms with Gasteiger partial charge in [-0.2, -0.15) is 0 Å². The zero-order valence-electron chi connectivity index (χ0n) is 14.4. The van der Waals surface area contributed by atoms with Crippen molar-refractivity contribution in [2.45, 2.75) is 6.92 Å². The highest BCUT2D eigenvalue weighted by Gasteiger charge is 2.17. The summed E-state index contributed by atoms with van der Waals surface area (Å²) in [6.07, 6.45) is 0. The van der Waals surface area contributed by atoms with Gasteiger partial charge in [0.15, 0.2) is 5.01 Å². The Balaban J connectivity index is 1.55. The van der Waals surface area contributed by atoms with Gasteiger partial charge in [0.2, 0.25) is 5.13 Å². The van der Waals surface area contributed by atoms with Crippen molar-refractivity contribution >= 4 is 45.6 Å². The number of hydrogen-bond donors (Lipinski definition) is 1. The summed E-state index contributed by atoms with van der Waals surface area (Å²) in [5.74, 6) is -0.291. The Bertz CT molecular complexity index is 1140. The van der Waals surface area contributed by atoms with Crippen LogP contribution in [-0.4, -0.2) is 31.1 Å². The molecule has 0 aliphatic carbocycles. The number of carbonyl (C=O) groups is 1. The maximum absolute atomic E-state index is 12.3. The predicted octanol–water partition coefficient (Wildman–Crippen LogP) is 4.65. The maximum Gasteiger partial charge on any atom is 0.257 e. The SMILES string of the molecule is Cc1c(-c2nnc(NC(=O)c3ccc(Cl)cc3)s2)nnn1-c1ccc(Cl)cc1. The largest absolute Gasteiger partial charge is 0.296 e. The fourth-order valence-electron chi connectivity index (χ4n) is 2.49. The van der Waals surface area contributed by atoms with E-state index < -0.39 is 0 Å². The monoisotopic (exact) mass is 430 g/mol. The van der Waals surface area contributed by atoms with Crippen LogP contribution in [0.3, 0.4) is 0 Å². The van der Waals surface area contributed by atoms with E-state index in [1.54, 1.807) is 41.1 Å². The number of aromatic nitrogens is 5. The van der Waals surface area contributed by atoms with Crippen molar-refractivity contribution < 1.29 is 4.79 Å². The zero-order chi connectivity index (χ0) is 19.7. The number of carbonyl (C=O) groups excluding carboxylic acids is 1. The molecule has 28 heavy (non-hydrogen) atoms. The minimum atomic E-state index is -0.291. The molecular formula is C18H12Cl2N6OS. The molecule has 0 radical (unpaired) electrons. The van der Waals surface area contributed by atoms with E-state index in [1.165, 1.54) is 11.3 Å². The van der Waals surface area contributed by atoms with Gasteiger partial charge in [0.05, 0.1) is 11.4 Å². The van der Waals surface area contributed by atoms with E-state index in [1.807, 2.05) is 19.1 Å². The van der Waals surface area contributed by atoms with Gasteiger partial charge in [-0.25, -0.2) is 4.68 Å². The van der Waals surface area contributed by atoms with Gasteiger partial charge in [0, 0.05) is 15.6 Å². The van der Waals surface area contributed by atoms with E-state index in [9.17, 15) is 4.79 Å². The van der Waals surface area contributed by atoms with Crippen LogP contribution >= 0.6 is 34.5 Å². The molecule has 4 aromatic rings. The molecule has 10 heteroatoms. The number of benzene rings is 2. The molecule has 0 bridgehead atoms. The first kappa shape index (κ1) is 18.5. The molecule has 0 spiro atoms. The van der Waals surface area contributed by atoms with Gasteiger partial charge in [0.1, 0.15) is 5.69 Å². The number of nitrogens with one attached hydrogen (secondary N) is 1. The molecule has 140 valence electrons. The summed E-state index contributed by atoms with van der Waals surface area (Å²) >= 11 is 13.0. The number of halogens is 2. The van der Waals surface area contributed by atoms with Gasteiger partial charge in [0.25, 0.3) is 5.91 Å². The van der Waals surface area contributed by atoms with Gasteiger partial charge in [-0.3, -0.25) is 10.1 Å². The molecule has 2 aromatic heterocycles. The fraction of sp³-hybridized carbons (Fsp3) is 0.0556. The van der Waals surface area contributed by atoms with Crippen molar-refractivity contribution in [2.24, 2.45) is 0 Å². The number of hydrogen-bond acceptors (Lipinski definition) is 6. The second-order valence-corrected chi connectivity index (χ2v) is 7.64. The minimum Gasteiger partial charge on any atom is -0.296 e. The molecule has 0 saturated heterocycles. The molecule has 2 heterocycles. The third-order valence-electron chi connectivity index (χ3n) is 3.92. The van der Waals surface area contributed by atoms with E-state index in [4.69, 9.17) is 23.2 Å². The van der Waals surface area contributed by atoms with E-state index in [0.29, 0.717) is 31.4 Å². The molecule has 0 fully saturated rings. The first-order valence-corrected chi connectivity index (χ1v) is 9.67. The summed E-state index contributed by atoms with van der Waals surface area (Å²) in [5, 5.41) is 21.4. The normalized spacial score (nSPS) is 10.8. The highest BCUT2D eigenvalue weighted by atomic mass is 35.5. The fourth-order valence-corrected chi connectivity index (χ4v) is 3.52. The lowest BCUT2D eigenvalue weighted by Crippen LogP contribution is -2.11. The summed E-state index contributed by atoms with van der Waals surface area (Å²) in [5.41, 5.74) is 2.71. The number of anilines is 1. The van der Waals surface area contributed by atoms with Crippen LogP contribution < -0.4 is 5.32 Å². The van der Waals surface area contributed by atoms with Crippen molar-refractivity contribution in [2.75, 3.05) is 5.32 Å². The molecule has 0 aliphatic heterocycles. The van der Waals surface area contributed by atoms with Crippen LogP contribution in [0.25, 0.3) is 16.4 Å². The first-order chi connectivity index (χ1) is 13.5. The van der Waals surface area contributed by atoms with Gasteiger partial charge in [-0.05, 0) is 55.5 Å². The average Bonchev–Trinajstić information content (AvgIpc) is 3.29. The molecule has 4 rings (SSSR count). The predicted molar refractivity (Wildman–Crippen MR) is 109 cm³/mol. The van der Waals surface area contributed by atoms with Crippen LogP contribution in [0.2, 0.25) is 10.0 Å². The lowest BCUT2D eigenvalue weighted by atomic mass is 10.2. The van der Waals surface area contributed by atoms with Crippen molar-refractivity contribution in [1.29, 1.82) is 0 Å². The van der Waals surface area contributed by atoms with E-state index in [-0.39, 0.29) is 5.91 Å². The Labute approximate surface area is 173 Å². The summed E-state index contributed by atoms with van der Waals surface area (Å²) in [7, 11) is 0. The quantitative estimate of drug-likeness (QED) is 0.508. The zero-order valence-corrected chi connectivity index (χ0v) is 16.8. The topological polar surface area (TPSA) is 85.6 Å². The third kappa shape index (κ3) is 3.75. The van der Waals surface area contributed by atoms with Gasteiger partial charge >= 0.3 is 0 Å². The standard InChI is InChI=1S/C18H12Cl2N6OS/c1-10-15(22-25-26(10)14-8-6-13(20)7-9-14)17-23-24-18(28-17)21-16(27)11-2-4-12(19)5-3-11/h2-9H,1H3,(H,21,24,27). The Kier molecular flexibility index (Phi) is 5.08. The number of amides is 1. The van der Waals surface area contributed by atoms with Crippen molar-refractivity contribution in [3.8, 4) is 16.4 Å². The molecule has 7 nitrogen and oxygen atoms in total. The average molecular weight is 431 g/mol. The Morgan fingerprint density at radius 2 is 1.61 bits per heavy atom. The molecule has 0 unspecified atom stereocenters. The Morgan fingerprint density at radius 3 is 2.29 bits per heavy atom. The second kappa shape index (κ2) is 7.67. The molecule has 1 N–H and O–H groups in total. The van der Waals surface area contributed by atoms with Gasteiger partial charge in [-0.15, -0.1) is 15.3 Å². The van der Waals surface area contributed by atoms with Crippen molar-refractivity contribution in [3.05, 3.63) is 69.8 Å². The minimum absolute atomic E-state index is 0.291. The molecule has 0 saturated carbocycles. The van der Waals surface area contributed by atoms with Crippen LogP contribution in [0.1, 0.15) is 16.1 Å². The Hall–Kier alpha value is -2.81. The molecule has 0 aliphatic rings. The summed E-state index contributed by atoms with van der Waals surface area (Å²) < 4.78 is 1.69. The maximum atomic E-state index is 12.3. The van der Waals surface area contributed by atoms with E-state index in [2.05, 4.69) is 25.8 Å². The first-order valence-electron chi connectivity index (χ1n) is 8.10. The van der Waals surface area contributed by atoms with Crippen LogP contribution in [0.15, 0.2) is 48.5 Å². The molecule has 2 aromatic carbocycles. The smallest absolute Gasteiger partial charge is 0.257 e.